The number of amides is 1. The van der Waals surface area contributed by atoms with Gasteiger partial charge in [-0.25, -0.2) is 0 Å². The fourth-order valence-corrected chi connectivity index (χ4v) is 3.73. The van der Waals surface area contributed by atoms with Crippen LogP contribution in [0.5, 0.6) is 0 Å². The smallest absolute Gasteiger partial charge is 0.256 e. The molecule has 4 heteroatoms. The number of carbonyl (C=O) groups is 1. The molecular weight excluding hydrogens is 356 g/mol. The van der Waals surface area contributed by atoms with Gasteiger partial charge < -0.3 is 10.2 Å². The fourth-order valence-electron chi connectivity index (χ4n) is 3.54. The van der Waals surface area contributed by atoms with Gasteiger partial charge in [-0.3, -0.25) is 4.79 Å². The van der Waals surface area contributed by atoms with E-state index in [4.69, 9.17) is 11.6 Å². The molecule has 0 aromatic heterocycles. The molecule has 1 aliphatic heterocycles. The van der Waals surface area contributed by atoms with Crippen molar-refractivity contribution in [3.63, 3.8) is 0 Å². The number of hydrogen-bond donors (Lipinski definition) is 1. The van der Waals surface area contributed by atoms with E-state index in [1.54, 1.807) is 0 Å². The summed E-state index contributed by atoms with van der Waals surface area (Å²) in [6, 6.07) is 21.8. The van der Waals surface area contributed by atoms with Gasteiger partial charge in [0.1, 0.15) is 6.17 Å². The second-order valence-corrected chi connectivity index (χ2v) is 7.38. The Morgan fingerprint density at radius 2 is 1.74 bits per heavy atom. The van der Waals surface area contributed by atoms with Gasteiger partial charge in [-0.05, 0) is 48.7 Å². The molecule has 1 aliphatic rings. The van der Waals surface area contributed by atoms with Crippen molar-refractivity contribution in [1.82, 2.24) is 4.90 Å². The minimum absolute atomic E-state index is 0.0216. The van der Waals surface area contributed by atoms with Gasteiger partial charge in [0, 0.05) is 28.4 Å². The van der Waals surface area contributed by atoms with E-state index in [1.165, 1.54) is 5.56 Å². The molecule has 0 aliphatic carbocycles. The van der Waals surface area contributed by atoms with Crippen molar-refractivity contribution in [2.75, 3.05) is 5.32 Å². The Bertz CT molecular complexity index is 1010. The summed E-state index contributed by atoms with van der Waals surface area (Å²) in [5, 5.41) is 4.26. The molecule has 1 atom stereocenters. The van der Waals surface area contributed by atoms with E-state index in [9.17, 15) is 4.79 Å². The van der Waals surface area contributed by atoms with Crippen LogP contribution in [0.25, 0.3) is 0 Å². The molecule has 27 heavy (non-hydrogen) atoms. The highest BCUT2D eigenvalue weighted by molar-refractivity contribution is 6.31. The van der Waals surface area contributed by atoms with Crippen LogP contribution in [0.15, 0.2) is 66.7 Å². The van der Waals surface area contributed by atoms with Crippen LogP contribution in [-0.4, -0.2) is 10.8 Å². The first-order valence-electron chi connectivity index (χ1n) is 9.01. The molecule has 0 spiro atoms. The third-order valence-electron chi connectivity index (χ3n) is 5.04. The monoisotopic (exact) mass is 376 g/mol. The molecule has 3 aromatic carbocycles. The van der Waals surface area contributed by atoms with Crippen molar-refractivity contribution < 1.29 is 4.79 Å². The Kier molecular flexibility index (Phi) is 4.63. The lowest BCUT2D eigenvalue weighted by Gasteiger charge is -2.28. The van der Waals surface area contributed by atoms with Crippen LogP contribution in [0, 0.1) is 13.8 Å². The van der Waals surface area contributed by atoms with E-state index in [-0.39, 0.29) is 12.1 Å². The van der Waals surface area contributed by atoms with Gasteiger partial charge in [0.25, 0.3) is 5.91 Å². The lowest BCUT2D eigenvalue weighted by atomic mass is 10.1. The number of anilines is 1. The topological polar surface area (TPSA) is 32.3 Å². The van der Waals surface area contributed by atoms with E-state index >= 15 is 0 Å². The quantitative estimate of drug-likeness (QED) is 0.631. The molecule has 1 N–H and O–H groups in total. The van der Waals surface area contributed by atoms with E-state index in [1.807, 2.05) is 53.4 Å². The first-order chi connectivity index (χ1) is 13.0. The third kappa shape index (κ3) is 3.31. The Hall–Kier alpha value is -2.78. The summed E-state index contributed by atoms with van der Waals surface area (Å²) >= 11 is 6.36. The zero-order valence-electron chi connectivity index (χ0n) is 15.4. The molecule has 0 bridgehead atoms. The highest BCUT2D eigenvalue weighted by Crippen LogP contribution is 2.37. The van der Waals surface area contributed by atoms with Crippen LogP contribution in [-0.2, 0) is 6.54 Å². The average molecular weight is 377 g/mol. The number of nitrogens with zero attached hydrogens (tertiary/aromatic N) is 1. The summed E-state index contributed by atoms with van der Waals surface area (Å²) in [5.41, 5.74) is 6.04. The maximum Gasteiger partial charge on any atom is 0.256 e. The van der Waals surface area contributed by atoms with Crippen LogP contribution >= 0.6 is 11.6 Å². The van der Waals surface area contributed by atoms with Gasteiger partial charge in [0.2, 0.25) is 0 Å². The first-order valence-corrected chi connectivity index (χ1v) is 9.39. The normalized spacial score (nSPS) is 15.7. The van der Waals surface area contributed by atoms with Crippen molar-refractivity contribution in [2.24, 2.45) is 0 Å². The summed E-state index contributed by atoms with van der Waals surface area (Å²) < 4.78 is 0. The summed E-state index contributed by atoms with van der Waals surface area (Å²) in [6.45, 7) is 4.60. The second-order valence-electron chi connectivity index (χ2n) is 6.98. The molecule has 4 rings (SSSR count). The van der Waals surface area contributed by atoms with Gasteiger partial charge in [-0.15, -0.1) is 0 Å². The predicted molar refractivity (Wildman–Crippen MR) is 110 cm³/mol. The van der Waals surface area contributed by atoms with Gasteiger partial charge in [-0.2, -0.15) is 0 Å². The number of halogens is 1. The molecule has 1 amide bonds. The molecule has 1 heterocycles. The van der Waals surface area contributed by atoms with Gasteiger partial charge in [-0.1, -0.05) is 60.1 Å². The molecule has 0 saturated heterocycles. The number of fused-ring (bicyclic) bond motifs is 1. The lowest BCUT2D eigenvalue weighted by molar-refractivity contribution is 0.0729. The standard InChI is InChI=1S/C23H21ClN2O/c1-15-11-12-16(2)21(13-15)25-22-18-8-4-5-9-19(18)23(27)26(22)14-17-7-3-6-10-20(17)24/h3-13,22,25H,14H2,1-2H3/t22-/m0/s1. The fraction of sp³-hybridized carbons (Fsp3) is 0.174. The van der Waals surface area contributed by atoms with E-state index < -0.39 is 0 Å². The molecular formula is C23H21ClN2O. The first kappa shape index (κ1) is 17.6. The number of carbonyl (C=O) groups excluding carboxylic acids is 1. The minimum atomic E-state index is -0.231. The Morgan fingerprint density at radius 3 is 2.56 bits per heavy atom. The summed E-state index contributed by atoms with van der Waals surface area (Å²) in [4.78, 5) is 15.0. The molecule has 0 saturated carbocycles. The van der Waals surface area contributed by atoms with Gasteiger partial charge >= 0.3 is 0 Å². The molecule has 3 nitrogen and oxygen atoms in total. The minimum Gasteiger partial charge on any atom is -0.361 e. The van der Waals surface area contributed by atoms with Gasteiger partial charge in [0.05, 0.1) is 0 Å². The highest BCUT2D eigenvalue weighted by Gasteiger charge is 2.36. The van der Waals surface area contributed by atoms with Crippen molar-refractivity contribution in [3.05, 3.63) is 99.6 Å². The molecule has 136 valence electrons. The van der Waals surface area contributed by atoms with Crippen LogP contribution in [0.1, 0.15) is 38.8 Å². The number of rotatable bonds is 4. The van der Waals surface area contributed by atoms with E-state index in [0.29, 0.717) is 11.6 Å². The summed E-state index contributed by atoms with van der Waals surface area (Å²) in [7, 11) is 0. The van der Waals surface area contributed by atoms with E-state index in [0.717, 1.165) is 27.9 Å². The summed E-state index contributed by atoms with van der Waals surface area (Å²) in [5.74, 6) is 0.0216. The number of benzene rings is 3. The van der Waals surface area contributed by atoms with Crippen LogP contribution < -0.4 is 5.32 Å². The number of hydrogen-bond acceptors (Lipinski definition) is 2. The second kappa shape index (κ2) is 7.09. The van der Waals surface area contributed by atoms with Crippen LogP contribution in [0.3, 0.4) is 0 Å². The highest BCUT2D eigenvalue weighted by atomic mass is 35.5. The summed E-state index contributed by atoms with van der Waals surface area (Å²) in [6.07, 6.45) is -0.231. The molecule has 3 aromatic rings. The van der Waals surface area contributed by atoms with E-state index in [2.05, 4.69) is 37.4 Å². The SMILES string of the molecule is Cc1ccc(C)c(N[C@@H]2c3ccccc3C(=O)N2Cc2ccccc2Cl)c1. The molecule has 0 radical (unpaired) electrons. The van der Waals surface area contributed by atoms with Gasteiger partial charge in [0.15, 0.2) is 0 Å². The number of aryl methyl sites for hydroxylation is 2. The largest absolute Gasteiger partial charge is 0.361 e. The Labute approximate surface area is 164 Å². The van der Waals surface area contributed by atoms with Crippen molar-refractivity contribution in [1.29, 1.82) is 0 Å². The maximum atomic E-state index is 13.1. The van der Waals surface area contributed by atoms with Crippen LogP contribution in [0.4, 0.5) is 5.69 Å². The third-order valence-corrected chi connectivity index (χ3v) is 5.41. The van der Waals surface area contributed by atoms with Crippen molar-refractivity contribution in [3.8, 4) is 0 Å². The van der Waals surface area contributed by atoms with Crippen molar-refractivity contribution >= 4 is 23.2 Å². The molecule has 0 fully saturated rings. The predicted octanol–water partition coefficient (Wildman–Crippen LogP) is 5.72. The lowest BCUT2D eigenvalue weighted by Crippen LogP contribution is -2.32. The Morgan fingerprint density at radius 1 is 1.00 bits per heavy atom. The zero-order valence-corrected chi connectivity index (χ0v) is 16.1. The van der Waals surface area contributed by atoms with Crippen LogP contribution in [0.2, 0.25) is 5.02 Å². The zero-order chi connectivity index (χ0) is 19.0. The average Bonchev–Trinajstić information content (AvgIpc) is 2.92. The maximum absolute atomic E-state index is 13.1. The van der Waals surface area contributed by atoms with Crippen molar-refractivity contribution in [2.45, 2.75) is 26.6 Å². The Balaban J connectivity index is 1.74. The number of nitrogens with one attached hydrogen (secondary N) is 1. The molecule has 0 unspecified atom stereocenters.